The Labute approximate surface area is 177 Å². The molecular formula is C24H31N3O3. The van der Waals surface area contributed by atoms with Crippen molar-refractivity contribution in [3.63, 3.8) is 0 Å². The molecule has 30 heavy (non-hydrogen) atoms. The van der Waals surface area contributed by atoms with Gasteiger partial charge in [-0.2, -0.15) is 5.10 Å². The van der Waals surface area contributed by atoms with Gasteiger partial charge in [0.05, 0.1) is 11.6 Å². The largest absolute Gasteiger partial charge is 0.492 e. The molecule has 0 saturated carbocycles. The first-order valence-electron chi connectivity index (χ1n) is 10.9. The van der Waals surface area contributed by atoms with Gasteiger partial charge in [-0.1, -0.05) is 39.0 Å². The van der Waals surface area contributed by atoms with Gasteiger partial charge in [-0.25, -0.2) is 4.68 Å². The molecule has 1 aromatic carbocycles. The molecule has 2 aliphatic heterocycles. The maximum Gasteiger partial charge on any atom is 0.266 e. The van der Waals surface area contributed by atoms with Crippen LogP contribution in [0.25, 0.3) is 0 Å². The van der Waals surface area contributed by atoms with Crippen molar-refractivity contribution in [1.29, 1.82) is 0 Å². The molecule has 0 bridgehead atoms. The number of hydrogen-bond donors (Lipinski definition) is 0. The lowest BCUT2D eigenvalue weighted by Gasteiger charge is -2.35. The molecule has 1 aromatic heterocycles. The number of amides is 1. The highest BCUT2D eigenvalue weighted by molar-refractivity contribution is 5.80. The highest BCUT2D eigenvalue weighted by Crippen LogP contribution is 2.29. The SMILES string of the molecule is CC(C)(C)c1ccc(=O)n(CC2CCN(C(=O)C3COc4ccccc4C3)CC2)n1. The summed E-state index contributed by atoms with van der Waals surface area (Å²) in [4.78, 5) is 27.3. The average Bonchev–Trinajstić information content (AvgIpc) is 2.74. The van der Waals surface area contributed by atoms with E-state index < -0.39 is 0 Å². The fraction of sp³-hybridized carbons (Fsp3) is 0.542. The minimum Gasteiger partial charge on any atom is -0.492 e. The van der Waals surface area contributed by atoms with E-state index in [0.29, 0.717) is 19.1 Å². The van der Waals surface area contributed by atoms with Gasteiger partial charge in [0, 0.05) is 31.1 Å². The number of carbonyl (C=O) groups is 1. The maximum absolute atomic E-state index is 13.0. The second-order valence-corrected chi connectivity index (χ2v) is 9.58. The Morgan fingerprint density at radius 3 is 2.60 bits per heavy atom. The summed E-state index contributed by atoms with van der Waals surface area (Å²) in [6, 6.07) is 11.4. The molecule has 3 heterocycles. The summed E-state index contributed by atoms with van der Waals surface area (Å²) in [6.45, 7) is 8.83. The van der Waals surface area contributed by atoms with Crippen LogP contribution in [0.4, 0.5) is 0 Å². The first-order valence-corrected chi connectivity index (χ1v) is 10.9. The number of piperidine rings is 1. The Balaban J connectivity index is 1.34. The number of hydrogen-bond acceptors (Lipinski definition) is 4. The molecule has 1 atom stereocenters. The van der Waals surface area contributed by atoms with Crippen LogP contribution in [0.5, 0.6) is 5.75 Å². The summed E-state index contributed by atoms with van der Waals surface area (Å²) < 4.78 is 7.41. The van der Waals surface area contributed by atoms with Crippen molar-refractivity contribution >= 4 is 5.91 Å². The molecule has 6 heteroatoms. The van der Waals surface area contributed by atoms with Crippen molar-refractivity contribution in [2.75, 3.05) is 19.7 Å². The van der Waals surface area contributed by atoms with E-state index in [1.165, 1.54) is 0 Å². The third-order valence-electron chi connectivity index (χ3n) is 6.22. The van der Waals surface area contributed by atoms with Crippen molar-refractivity contribution in [3.8, 4) is 5.75 Å². The molecule has 0 N–H and O–H groups in total. The zero-order valence-electron chi connectivity index (χ0n) is 18.1. The molecule has 1 saturated heterocycles. The maximum atomic E-state index is 13.0. The second kappa shape index (κ2) is 8.25. The van der Waals surface area contributed by atoms with Crippen LogP contribution in [-0.4, -0.2) is 40.3 Å². The van der Waals surface area contributed by atoms with Gasteiger partial charge in [0.25, 0.3) is 5.56 Å². The first-order chi connectivity index (χ1) is 14.3. The number of likely N-dealkylation sites (tertiary alicyclic amines) is 1. The molecule has 1 fully saturated rings. The molecule has 0 radical (unpaired) electrons. The molecule has 6 nitrogen and oxygen atoms in total. The standard InChI is InChI=1S/C24H31N3O3/c1-24(2,3)21-8-9-22(28)27(25-21)15-17-10-12-26(13-11-17)23(29)19-14-18-6-4-5-7-20(18)30-16-19/h4-9,17,19H,10-16H2,1-3H3. The Morgan fingerprint density at radius 1 is 1.13 bits per heavy atom. The predicted molar refractivity (Wildman–Crippen MR) is 116 cm³/mol. The van der Waals surface area contributed by atoms with Gasteiger partial charge in [0.1, 0.15) is 12.4 Å². The zero-order valence-corrected chi connectivity index (χ0v) is 18.1. The van der Waals surface area contributed by atoms with Crippen LogP contribution < -0.4 is 10.3 Å². The Kier molecular flexibility index (Phi) is 5.67. The second-order valence-electron chi connectivity index (χ2n) is 9.58. The fourth-order valence-electron chi connectivity index (χ4n) is 4.31. The van der Waals surface area contributed by atoms with E-state index >= 15 is 0 Å². The number of para-hydroxylation sites is 1. The Bertz CT molecular complexity index is 968. The van der Waals surface area contributed by atoms with E-state index in [9.17, 15) is 9.59 Å². The third-order valence-corrected chi connectivity index (χ3v) is 6.22. The molecular weight excluding hydrogens is 378 g/mol. The summed E-state index contributed by atoms with van der Waals surface area (Å²) in [5, 5.41) is 4.59. The molecule has 160 valence electrons. The van der Waals surface area contributed by atoms with Gasteiger partial charge in [-0.15, -0.1) is 0 Å². The van der Waals surface area contributed by atoms with Gasteiger partial charge in [-0.3, -0.25) is 9.59 Å². The quantitative estimate of drug-likeness (QED) is 0.782. The van der Waals surface area contributed by atoms with Gasteiger partial charge >= 0.3 is 0 Å². The minimum absolute atomic E-state index is 0.0560. The average molecular weight is 410 g/mol. The first kappa shape index (κ1) is 20.6. The molecule has 0 spiro atoms. The van der Waals surface area contributed by atoms with E-state index in [-0.39, 0.29) is 22.8 Å². The van der Waals surface area contributed by atoms with E-state index in [4.69, 9.17) is 4.74 Å². The smallest absolute Gasteiger partial charge is 0.266 e. The Morgan fingerprint density at radius 2 is 1.87 bits per heavy atom. The third kappa shape index (κ3) is 4.42. The topological polar surface area (TPSA) is 64.4 Å². The van der Waals surface area contributed by atoms with E-state index in [0.717, 1.165) is 49.4 Å². The molecule has 4 rings (SSSR count). The van der Waals surface area contributed by atoms with Gasteiger partial charge < -0.3 is 9.64 Å². The van der Waals surface area contributed by atoms with Crippen LogP contribution in [0.1, 0.15) is 44.9 Å². The number of benzene rings is 1. The van der Waals surface area contributed by atoms with Crippen molar-refractivity contribution in [2.45, 2.75) is 52.0 Å². The molecule has 2 aliphatic rings. The number of nitrogens with zero attached hydrogens (tertiary/aromatic N) is 3. The number of ether oxygens (including phenoxy) is 1. The zero-order chi connectivity index (χ0) is 21.3. The molecule has 0 aliphatic carbocycles. The monoisotopic (exact) mass is 409 g/mol. The molecule has 2 aromatic rings. The number of aromatic nitrogens is 2. The summed E-state index contributed by atoms with van der Waals surface area (Å²) in [5.74, 6) is 1.34. The summed E-state index contributed by atoms with van der Waals surface area (Å²) in [5.41, 5.74) is 1.89. The van der Waals surface area contributed by atoms with Gasteiger partial charge in [0.2, 0.25) is 5.91 Å². The molecule has 1 amide bonds. The van der Waals surface area contributed by atoms with Crippen LogP contribution in [-0.2, 0) is 23.2 Å². The normalized spacial score (nSPS) is 19.8. The number of carbonyl (C=O) groups excluding carboxylic acids is 1. The van der Waals surface area contributed by atoms with Crippen molar-refractivity contribution in [2.24, 2.45) is 11.8 Å². The van der Waals surface area contributed by atoms with Crippen LogP contribution in [0.3, 0.4) is 0 Å². The predicted octanol–water partition coefficient (Wildman–Crippen LogP) is 3.03. The molecule has 1 unspecified atom stereocenters. The summed E-state index contributed by atoms with van der Waals surface area (Å²) in [7, 11) is 0. The minimum atomic E-state index is -0.107. The number of rotatable bonds is 3. The van der Waals surface area contributed by atoms with Crippen LogP contribution in [0.15, 0.2) is 41.2 Å². The van der Waals surface area contributed by atoms with Crippen LogP contribution in [0, 0.1) is 11.8 Å². The number of fused-ring (bicyclic) bond motifs is 1. The lowest BCUT2D eigenvalue weighted by atomic mass is 9.92. The highest BCUT2D eigenvalue weighted by atomic mass is 16.5. The van der Waals surface area contributed by atoms with Crippen molar-refractivity contribution in [3.05, 3.63) is 58.0 Å². The van der Waals surface area contributed by atoms with Crippen molar-refractivity contribution in [1.82, 2.24) is 14.7 Å². The lowest BCUT2D eigenvalue weighted by Crippen LogP contribution is -2.45. The van der Waals surface area contributed by atoms with E-state index in [2.05, 4.69) is 25.9 Å². The fourth-order valence-corrected chi connectivity index (χ4v) is 4.31. The summed E-state index contributed by atoms with van der Waals surface area (Å²) in [6.07, 6.45) is 2.53. The summed E-state index contributed by atoms with van der Waals surface area (Å²) >= 11 is 0. The highest BCUT2D eigenvalue weighted by Gasteiger charge is 2.32. The van der Waals surface area contributed by atoms with Crippen LogP contribution in [0.2, 0.25) is 0 Å². The lowest BCUT2D eigenvalue weighted by molar-refractivity contribution is -0.138. The van der Waals surface area contributed by atoms with Gasteiger partial charge in [0.15, 0.2) is 0 Å². The Hall–Kier alpha value is -2.63. The van der Waals surface area contributed by atoms with E-state index in [1.807, 2.05) is 35.2 Å². The van der Waals surface area contributed by atoms with Crippen LogP contribution >= 0.6 is 0 Å². The van der Waals surface area contributed by atoms with Crippen molar-refractivity contribution < 1.29 is 9.53 Å². The van der Waals surface area contributed by atoms with E-state index in [1.54, 1.807) is 10.7 Å². The van der Waals surface area contributed by atoms with Gasteiger partial charge in [-0.05, 0) is 42.9 Å².